The molecule has 0 aliphatic heterocycles. The summed E-state index contributed by atoms with van der Waals surface area (Å²) in [4.78, 5) is 10.6. The van der Waals surface area contributed by atoms with Crippen LogP contribution in [0.5, 0.6) is 5.75 Å². The van der Waals surface area contributed by atoms with Crippen molar-refractivity contribution < 1.29 is 9.53 Å². The first kappa shape index (κ1) is 13.5. The molecule has 4 heteroatoms. The third-order valence-electron chi connectivity index (χ3n) is 2.37. The van der Waals surface area contributed by atoms with Crippen molar-refractivity contribution in [2.45, 2.75) is 19.9 Å². The zero-order valence-electron chi connectivity index (χ0n) is 10.5. The van der Waals surface area contributed by atoms with Crippen molar-refractivity contribution in [3.8, 4) is 5.75 Å². The van der Waals surface area contributed by atoms with E-state index in [1.165, 1.54) is 12.5 Å². The second-order valence-electron chi connectivity index (χ2n) is 3.86. The molecule has 0 aliphatic carbocycles. The summed E-state index contributed by atoms with van der Waals surface area (Å²) in [6.07, 6.45) is 0.934. The molecular formula is C13H20N2O2. The molecule has 4 nitrogen and oxygen atoms in total. The fourth-order valence-electron chi connectivity index (χ4n) is 1.49. The number of amides is 1. The van der Waals surface area contributed by atoms with E-state index in [2.05, 4.69) is 16.7 Å². The molecule has 0 bridgehead atoms. The van der Waals surface area contributed by atoms with Crippen molar-refractivity contribution in [2.24, 2.45) is 0 Å². The maximum Gasteiger partial charge on any atom is 0.216 e. The standard InChI is InChI=1S/C13H20N2O2/c1-11(16)15-8-4-7-14-10-12-5-3-6-13(9-12)17-2/h3,5-6,9,14H,4,7-8,10H2,1-2H3,(H,15,16). The minimum Gasteiger partial charge on any atom is -0.497 e. The summed E-state index contributed by atoms with van der Waals surface area (Å²) in [5, 5.41) is 6.08. The fourth-order valence-corrected chi connectivity index (χ4v) is 1.49. The lowest BCUT2D eigenvalue weighted by Gasteiger charge is -2.07. The van der Waals surface area contributed by atoms with Gasteiger partial charge in [0.25, 0.3) is 0 Å². The molecule has 1 rings (SSSR count). The number of nitrogens with one attached hydrogen (secondary N) is 2. The van der Waals surface area contributed by atoms with E-state index in [0.717, 1.165) is 31.8 Å². The number of carbonyl (C=O) groups excluding carboxylic acids is 1. The molecule has 1 amide bonds. The molecule has 0 aliphatic rings. The molecule has 0 saturated heterocycles. The maximum atomic E-state index is 10.6. The van der Waals surface area contributed by atoms with Crippen LogP contribution in [0.25, 0.3) is 0 Å². The van der Waals surface area contributed by atoms with E-state index in [1.54, 1.807) is 7.11 Å². The molecule has 0 heterocycles. The first-order chi connectivity index (χ1) is 8.22. The molecule has 1 aromatic carbocycles. The summed E-state index contributed by atoms with van der Waals surface area (Å²) >= 11 is 0. The van der Waals surface area contributed by atoms with Gasteiger partial charge in [0.05, 0.1) is 7.11 Å². The molecule has 0 unspecified atom stereocenters. The molecule has 0 fully saturated rings. The van der Waals surface area contributed by atoms with Gasteiger partial charge in [-0.15, -0.1) is 0 Å². The summed E-state index contributed by atoms with van der Waals surface area (Å²) in [6, 6.07) is 7.98. The van der Waals surface area contributed by atoms with Crippen LogP contribution in [-0.2, 0) is 11.3 Å². The summed E-state index contributed by atoms with van der Waals surface area (Å²) in [5.41, 5.74) is 1.20. The smallest absolute Gasteiger partial charge is 0.216 e. The van der Waals surface area contributed by atoms with Crippen molar-refractivity contribution in [3.63, 3.8) is 0 Å². The number of hydrogen-bond acceptors (Lipinski definition) is 3. The summed E-state index contributed by atoms with van der Waals surface area (Å²) < 4.78 is 5.15. The Morgan fingerprint density at radius 1 is 1.35 bits per heavy atom. The van der Waals surface area contributed by atoms with Crippen LogP contribution in [0.1, 0.15) is 18.9 Å². The van der Waals surface area contributed by atoms with Gasteiger partial charge in [-0.1, -0.05) is 12.1 Å². The SMILES string of the molecule is COc1cccc(CNCCCNC(C)=O)c1. The normalized spacial score (nSPS) is 10.0. The van der Waals surface area contributed by atoms with Crippen LogP contribution < -0.4 is 15.4 Å². The minimum absolute atomic E-state index is 0.0257. The number of hydrogen-bond donors (Lipinski definition) is 2. The number of benzene rings is 1. The highest BCUT2D eigenvalue weighted by atomic mass is 16.5. The lowest BCUT2D eigenvalue weighted by atomic mass is 10.2. The third-order valence-corrected chi connectivity index (χ3v) is 2.37. The average Bonchev–Trinajstić information content (AvgIpc) is 2.33. The van der Waals surface area contributed by atoms with Gasteiger partial charge in [0.15, 0.2) is 0 Å². The Balaban J connectivity index is 2.15. The van der Waals surface area contributed by atoms with Gasteiger partial charge in [0.1, 0.15) is 5.75 Å². The van der Waals surface area contributed by atoms with Crippen LogP contribution in [0.4, 0.5) is 0 Å². The van der Waals surface area contributed by atoms with Crippen LogP contribution in [0.2, 0.25) is 0 Å². The number of carbonyl (C=O) groups is 1. The zero-order chi connectivity index (χ0) is 12.5. The van der Waals surface area contributed by atoms with Crippen LogP contribution in [0, 0.1) is 0 Å². The van der Waals surface area contributed by atoms with Crippen LogP contribution >= 0.6 is 0 Å². The first-order valence-corrected chi connectivity index (χ1v) is 5.80. The molecule has 0 radical (unpaired) electrons. The molecule has 0 spiro atoms. The van der Waals surface area contributed by atoms with Crippen LogP contribution in [-0.4, -0.2) is 26.1 Å². The van der Waals surface area contributed by atoms with E-state index >= 15 is 0 Å². The van der Waals surface area contributed by atoms with E-state index < -0.39 is 0 Å². The van der Waals surface area contributed by atoms with Gasteiger partial charge in [-0.3, -0.25) is 4.79 Å². The summed E-state index contributed by atoms with van der Waals surface area (Å²) in [5.74, 6) is 0.903. The Bertz CT molecular complexity index is 353. The Morgan fingerprint density at radius 2 is 2.18 bits per heavy atom. The van der Waals surface area contributed by atoms with Gasteiger partial charge in [-0.25, -0.2) is 0 Å². The van der Waals surface area contributed by atoms with Crippen molar-refractivity contribution in [1.29, 1.82) is 0 Å². The highest BCUT2D eigenvalue weighted by Gasteiger charge is 1.95. The monoisotopic (exact) mass is 236 g/mol. The highest BCUT2D eigenvalue weighted by Crippen LogP contribution is 2.11. The minimum atomic E-state index is 0.0257. The van der Waals surface area contributed by atoms with E-state index in [0.29, 0.717) is 0 Å². The first-order valence-electron chi connectivity index (χ1n) is 5.80. The van der Waals surface area contributed by atoms with E-state index in [9.17, 15) is 4.79 Å². The predicted molar refractivity (Wildman–Crippen MR) is 68.0 cm³/mol. The maximum absolute atomic E-state index is 10.6. The van der Waals surface area contributed by atoms with Gasteiger partial charge in [-0.05, 0) is 30.7 Å². The summed E-state index contributed by atoms with van der Waals surface area (Å²) in [6.45, 7) is 3.96. The lowest BCUT2D eigenvalue weighted by molar-refractivity contribution is -0.118. The van der Waals surface area contributed by atoms with Crippen molar-refractivity contribution in [1.82, 2.24) is 10.6 Å². The Morgan fingerprint density at radius 3 is 2.88 bits per heavy atom. The molecular weight excluding hydrogens is 216 g/mol. The molecule has 2 N–H and O–H groups in total. The predicted octanol–water partition coefficient (Wildman–Crippen LogP) is 1.31. The topological polar surface area (TPSA) is 50.4 Å². The zero-order valence-corrected chi connectivity index (χ0v) is 10.5. The Labute approximate surface area is 102 Å². The van der Waals surface area contributed by atoms with Gasteiger partial charge in [0, 0.05) is 20.0 Å². The largest absolute Gasteiger partial charge is 0.497 e. The second-order valence-corrected chi connectivity index (χ2v) is 3.86. The van der Waals surface area contributed by atoms with E-state index in [4.69, 9.17) is 4.74 Å². The second kappa shape index (κ2) is 7.68. The summed E-state index contributed by atoms with van der Waals surface area (Å²) in [7, 11) is 1.67. The Hall–Kier alpha value is -1.55. The number of ether oxygens (including phenoxy) is 1. The van der Waals surface area contributed by atoms with Gasteiger partial charge in [-0.2, -0.15) is 0 Å². The third kappa shape index (κ3) is 5.92. The average molecular weight is 236 g/mol. The molecule has 0 aromatic heterocycles. The van der Waals surface area contributed by atoms with Crippen molar-refractivity contribution >= 4 is 5.91 Å². The molecule has 0 saturated carbocycles. The highest BCUT2D eigenvalue weighted by molar-refractivity contribution is 5.72. The number of rotatable bonds is 7. The van der Waals surface area contributed by atoms with Crippen LogP contribution in [0.15, 0.2) is 24.3 Å². The fraction of sp³-hybridized carbons (Fsp3) is 0.462. The van der Waals surface area contributed by atoms with Gasteiger partial charge >= 0.3 is 0 Å². The molecule has 1 aromatic rings. The lowest BCUT2D eigenvalue weighted by Crippen LogP contribution is -2.24. The number of methoxy groups -OCH3 is 1. The molecule has 17 heavy (non-hydrogen) atoms. The quantitative estimate of drug-likeness (QED) is 0.702. The Kier molecular flexibility index (Phi) is 6.10. The van der Waals surface area contributed by atoms with Gasteiger partial charge in [0.2, 0.25) is 5.91 Å². The van der Waals surface area contributed by atoms with Crippen LogP contribution in [0.3, 0.4) is 0 Å². The van der Waals surface area contributed by atoms with E-state index in [-0.39, 0.29) is 5.91 Å². The molecule has 0 atom stereocenters. The van der Waals surface area contributed by atoms with Gasteiger partial charge < -0.3 is 15.4 Å². The van der Waals surface area contributed by atoms with Crippen molar-refractivity contribution in [2.75, 3.05) is 20.2 Å². The van der Waals surface area contributed by atoms with Crippen molar-refractivity contribution in [3.05, 3.63) is 29.8 Å². The van der Waals surface area contributed by atoms with E-state index in [1.807, 2.05) is 18.2 Å². The molecule has 94 valence electrons.